The molecule has 0 aromatic heterocycles. The van der Waals surface area contributed by atoms with Gasteiger partial charge in [0, 0.05) is 17.2 Å². The molecule has 0 radical (unpaired) electrons. The Balaban J connectivity index is 1.75. The molecule has 2 aliphatic heterocycles. The highest BCUT2D eigenvalue weighted by Gasteiger charge is 2.45. The van der Waals surface area contributed by atoms with Crippen molar-refractivity contribution >= 4 is 29.3 Å². The number of nitrogens with zero attached hydrogens (tertiary/aromatic N) is 2. The van der Waals surface area contributed by atoms with Gasteiger partial charge < -0.3 is 20.1 Å². The van der Waals surface area contributed by atoms with Crippen LogP contribution in [0.5, 0.6) is 11.5 Å². The number of carbonyl (C=O) groups is 2. The molecule has 0 bridgehead atoms. The normalized spacial score (nSPS) is 20.7. The minimum absolute atomic E-state index is 0.285. The number of benzene rings is 1. The minimum atomic E-state index is -0.969. The second-order valence-corrected chi connectivity index (χ2v) is 8.55. The highest BCUT2D eigenvalue weighted by Crippen LogP contribution is 2.42. The lowest BCUT2D eigenvalue weighted by Crippen LogP contribution is -2.45. The number of rotatable bonds is 4. The third kappa shape index (κ3) is 4.01. The molecule has 2 atom stereocenters. The van der Waals surface area contributed by atoms with Crippen LogP contribution in [0.4, 0.5) is 5.69 Å². The van der Waals surface area contributed by atoms with Gasteiger partial charge >= 0.3 is 0 Å². The number of ether oxygens (including phenoxy) is 2. The van der Waals surface area contributed by atoms with E-state index >= 15 is 0 Å². The summed E-state index contributed by atoms with van der Waals surface area (Å²) in [5.41, 5.74) is -0.105. The molecule has 8 nitrogen and oxygen atoms in total. The molecule has 1 aromatic rings. The molecule has 1 aromatic carbocycles. The number of nitrogens with one attached hydrogen (secondary N) is 2. The van der Waals surface area contributed by atoms with Gasteiger partial charge in [0.25, 0.3) is 0 Å². The largest absolute Gasteiger partial charge is 0.486 e. The van der Waals surface area contributed by atoms with Crippen LogP contribution < -0.4 is 20.1 Å². The molecule has 9 heteroatoms. The first-order chi connectivity index (χ1) is 13.8. The fourth-order valence-corrected chi connectivity index (χ4v) is 4.22. The zero-order chi connectivity index (χ0) is 21.2. The smallest absolute Gasteiger partial charge is 0.243 e. The van der Waals surface area contributed by atoms with E-state index in [4.69, 9.17) is 9.47 Å². The number of anilines is 1. The van der Waals surface area contributed by atoms with Gasteiger partial charge in [-0.15, -0.1) is 0 Å². The first kappa shape index (κ1) is 20.6. The number of hydrogen-bond acceptors (Lipinski definition) is 7. The van der Waals surface area contributed by atoms with Gasteiger partial charge in [-0.05, 0) is 19.1 Å². The Hall–Kier alpha value is -3.17. The van der Waals surface area contributed by atoms with E-state index in [1.807, 2.05) is 6.07 Å². The average molecular weight is 412 g/mol. The fourth-order valence-electron chi connectivity index (χ4n) is 3.11. The molecule has 0 aliphatic carbocycles. The predicted octanol–water partition coefficient (Wildman–Crippen LogP) is 2.55. The van der Waals surface area contributed by atoms with E-state index in [1.54, 1.807) is 39.0 Å². The van der Waals surface area contributed by atoms with Crippen LogP contribution in [0.1, 0.15) is 20.8 Å². The number of nitriles is 2. The fraction of sp³-hybridized carbons (Fsp3) is 0.400. The molecular formula is C20H20N4O4S. The van der Waals surface area contributed by atoms with Gasteiger partial charge in [0.15, 0.2) is 11.5 Å². The van der Waals surface area contributed by atoms with Crippen molar-refractivity contribution in [3.05, 3.63) is 28.8 Å². The topological polar surface area (TPSA) is 124 Å². The Morgan fingerprint density at radius 1 is 1.31 bits per heavy atom. The molecule has 2 amide bonds. The number of thioether (sulfide) groups is 1. The second-order valence-electron chi connectivity index (χ2n) is 7.20. The Bertz CT molecular complexity index is 974. The van der Waals surface area contributed by atoms with Crippen molar-refractivity contribution in [1.82, 2.24) is 5.32 Å². The summed E-state index contributed by atoms with van der Waals surface area (Å²) in [6, 6.07) is 9.17. The maximum Gasteiger partial charge on any atom is 0.243 e. The van der Waals surface area contributed by atoms with Crippen molar-refractivity contribution in [3.63, 3.8) is 0 Å². The van der Waals surface area contributed by atoms with Crippen LogP contribution in [0.15, 0.2) is 28.8 Å². The monoisotopic (exact) mass is 412 g/mol. The van der Waals surface area contributed by atoms with Gasteiger partial charge in [0.1, 0.15) is 19.1 Å². The van der Waals surface area contributed by atoms with Gasteiger partial charge in [0.2, 0.25) is 11.8 Å². The minimum Gasteiger partial charge on any atom is -0.486 e. The summed E-state index contributed by atoms with van der Waals surface area (Å²) >= 11 is 1.08. The molecule has 150 valence electrons. The zero-order valence-electron chi connectivity index (χ0n) is 16.2. The summed E-state index contributed by atoms with van der Waals surface area (Å²) in [5.74, 6) is -0.555. The van der Waals surface area contributed by atoms with Crippen molar-refractivity contribution in [2.45, 2.75) is 26.0 Å². The standard InChI is InChI=1S/C20H20N4O4S/c1-11(17(25)23-12-4-5-15-16(8-12)28-7-6-27-15)29-19-14(10-22)20(2,3)13(9-21)18(26)24-19/h4-5,8,11,13H,6-7H2,1-3H3,(H,23,25)(H,24,26)/t11-,13-/m1/s1. The molecule has 2 N–H and O–H groups in total. The van der Waals surface area contributed by atoms with Crippen molar-refractivity contribution < 1.29 is 19.1 Å². The van der Waals surface area contributed by atoms with Crippen molar-refractivity contribution in [2.24, 2.45) is 11.3 Å². The van der Waals surface area contributed by atoms with Gasteiger partial charge in [-0.25, -0.2) is 0 Å². The summed E-state index contributed by atoms with van der Waals surface area (Å²) in [6.45, 7) is 5.96. The van der Waals surface area contributed by atoms with E-state index in [0.717, 1.165) is 11.8 Å². The lowest BCUT2D eigenvalue weighted by atomic mass is 9.72. The van der Waals surface area contributed by atoms with Crippen molar-refractivity contribution in [1.29, 1.82) is 10.5 Å². The van der Waals surface area contributed by atoms with E-state index in [9.17, 15) is 20.1 Å². The summed E-state index contributed by atoms with van der Waals surface area (Å²) in [6.07, 6.45) is 0. The molecule has 2 aliphatic rings. The molecular weight excluding hydrogens is 392 g/mol. The third-order valence-electron chi connectivity index (χ3n) is 4.81. The SMILES string of the molecule is C[C@@H](SC1=C(C#N)C(C)(C)[C@H](C#N)C(=O)N1)C(=O)Nc1ccc2c(c1)OCCO2. The van der Waals surface area contributed by atoms with Crippen LogP contribution in [-0.2, 0) is 9.59 Å². The number of amides is 2. The zero-order valence-corrected chi connectivity index (χ0v) is 17.1. The summed E-state index contributed by atoms with van der Waals surface area (Å²) in [5, 5.41) is 24.0. The Morgan fingerprint density at radius 2 is 2.00 bits per heavy atom. The van der Waals surface area contributed by atoms with Gasteiger partial charge in [-0.2, -0.15) is 10.5 Å². The first-order valence-electron chi connectivity index (χ1n) is 9.00. The summed E-state index contributed by atoms with van der Waals surface area (Å²) in [7, 11) is 0. The van der Waals surface area contributed by atoms with E-state index in [-0.39, 0.29) is 11.5 Å². The van der Waals surface area contributed by atoms with E-state index in [0.29, 0.717) is 35.4 Å². The van der Waals surface area contributed by atoms with Crippen LogP contribution in [0.25, 0.3) is 0 Å². The van der Waals surface area contributed by atoms with Crippen LogP contribution in [0, 0.1) is 34.0 Å². The molecule has 0 spiro atoms. The molecule has 0 fully saturated rings. The number of carbonyl (C=O) groups excluding carboxylic acids is 2. The van der Waals surface area contributed by atoms with Crippen LogP contribution >= 0.6 is 11.8 Å². The number of fused-ring (bicyclic) bond motifs is 1. The molecule has 0 saturated carbocycles. The Morgan fingerprint density at radius 3 is 2.66 bits per heavy atom. The molecule has 0 saturated heterocycles. The Labute approximate surface area is 172 Å². The molecule has 0 unspecified atom stereocenters. The van der Waals surface area contributed by atoms with E-state index in [1.165, 1.54) is 0 Å². The van der Waals surface area contributed by atoms with E-state index in [2.05, 4.69) is 16.7 Å². The van der Waals surface area contributed by atoms with Crippen molar-refractivity contribution in [3.8, 4) is 23.6 Å². The molecule has 3 rings (SSSR count). The maximum atomic E-state index is 12.6. The second kappa shape index (κ2) is 8.06. The van der Waals surface area contributed by atoms with Gasteiger partial charge in [-0.3, -0.25) is 9.59 Å². The third-order valence-corrected chi connectivity index (χ3v) is 5.92. The molecule has 2 heterocycles. The van der Waals surface area contributed by atoms with E-state index < -0.39 is 22.5 Å². The maximum absolute atomic E-state index is 12.6. The highest BCUT2D eigenvalue weighted by molar-refractivity contribution is 8.04. The predicted molar refractivity (Wildman–Crippen MR) is 107 cm³/mol. The lowest BCUT2D eigenvalue weighted by molar-refractivity contribution is -0.125. The number of allylic oxidation sites excluding steroid dienone is 1. The van der Waals surface area contributed by atoms with Crippen LogP contribution in [-0.4, -0.2) is 30.3 Å². The first-order valence-corrected chi connectivity index (χ1v) is 9.88. The van der Waals surface area contributed by atoms with Gasteiger partial charge in [-0.1, -0.05) is 25.6 Å². The molecule has 29 heavy (non-hydrogen) atoms. The summed E-state index contributed by atoms with van der Waals surface area (Å²) in [4.78, 5) is 24.9. The van der Waals surface area contributed by atoms with Crippen LogP contribution in [0.2, 0.25) is 0 Å². The Kier molecular flexibility index (Phi) is 5.71. The van der Waals surface area contributed by atoms with Crippen LogP contribution in [0.3, 0.4) is 0 Å². The lowest BCUT2D eigenvalue weighted by Gasteiger charge is -2.35. The highest BCUT2D eigenvalue weighted by atomic mass is 32.2. The number of hydrogen-bond donors (Lipinski definition) is 2. The van der Waals surface area contributed by atoms with Gasteiger partial charge in [0.05, 0.1) is 28.0 Å². The average Bonchev–Trinajstić information content (AvgIpc) is 2.67. The van der Waals surface area contributed by atoms with Crippen molar-refractivity contribution in [2.75, 3.05) is 18.5 Å². The quantitative estimate of drug-likeness (QED) is 0.779. The summed E-state index contributed by atoms with van der Waals surface area (Å²) < 4.78 is 11.0.